The molecule has 1 aromatic heterocycles. The fourth-order valence-electron chi connectivity index (χ4n) is 3.19. The van der Waals surface area contributed by atoms with Gasteiger partial charge < -0.3 is 10.2 Å². The molecule has 136 valence electrons. The first-order valence-electron chi connectivity index (χ1n) is 9.03. The van der Waals surface area contributed by atoms with Gasteiger partial charge in [0.05, 0.1) is 0 Å². The highest BCUT2D eigenvalue weighted by molar-refractivity contribution is 6.04. The average molecular weight is 351 g/mol. The summed E-state index contributed by atoms with van der Waals surface area (Å²) in [6.07, 6.45) is 2.05. The summed E-state index contributed by atoms with van der Waals surface area (Å²) in [5.74, 6) is -0.412. The largest absolute Gasteiger partial charge is 0.337 e. The topological polar surface area (TPSA) is 62.3 Å². The normalized spacial score (nSPS) is 14.3. The third-order valence-corrected chi connectivity index (χ3v) is 4.58. The SMILES string of the molecule is CC(C)(C)c1ccccc1NC(=O)c1cccc(C(=O)N2CCCC2)n1. The van der Waals surface area contributed by atoms with Gasteiger partial charge in [-0.1, -0.05) is 45.0 Å². The lowest BCUT2D eigenvalue weighted by Gasteiger charge is -2.23. The maximum absolute atomic E-state index is 12.7. The summed E-state index contributed by atoms with van der Waals surface area (Å²) in [6.45, 7) is 7.83. The van der Waals surface area contributed by atoms with Crippen molar-refractivity contribution in [1.82, 2.24) is 9.88 Å². The number of carbonyl (C=O) groups excluding carboxylic acids is 2. The zero-order valence-corrected chi connectivity index (χ0v) is 15.6. The summed E-state index contributed by atoms with van der Waals surface area (Å²) in [4.78, 5) is 31.3. The van der Waals surface area contributed by atoms with E-state index in [-0.39, 0.29) is 22.9 Å². The predicted octanol–water partition coefficient (Wildman–Crippen LogP) is 3.87. The standard InChI is InChI=1S/C21H25N3O2/c1-21(2,3)15-9-4-5-10-16(15)23-19(25)17-11-8-12-18(22-17)20(26)24-13-6-7-14-24/h4-5,8-12H,6-7,13-14H2,1-3H3,(H,23,25). The number of pyridine rings is 1. The van der Waals surface area contributed by atoms with Gasteiger partial charge in [-0.3, -0.25) is 9.59 Å². The molecule has 1 saturated heterocycles. The minimum Gasteiger partial charge on any atom is -0.337 e. The summed E-state index contributed by atoms with van der Waals surface area (Å²) >= 11 is 0. The van der Waals surface area contributed by atoms with E-state index in [9.17, 15) is 9.59 Å². The fourth-order valence-corrected chi connectivity index (χ4v) is 3.19. The number of para-hydroxylation sites is 1. The second kappa shape index (κ2) is 7.28. The highest BCUT2D eigenvalue weighted by Crippen LogP contribution is 2.29. The summed E-state index contributed by atoms with van der Waals surface area (Å²) < 4.78 is 0. The minimum atomic E-state index is -0.308. The van der Waals surface area contributed by atoms with Crippen molar-refractivity contribution in [3.8, 4) is 0 Å². The Hall–Kier alpha value is -2.69. The number of anilines is 1. The van der Waals surface area contributed by atoms with Gasteiger partial charge in [0, 0.05) is 18.8 Å². The number of hydrogen-bond acceptors (Lipinski definition) is 3. The summed E-state index contributed by atoms with van der Waals surface area (Å²) in [6, 6.07) is 12.8. The van der Waals surface area contributed by atoms with Gasteiger partial charge >= 0.3 is 0 Å². The van der Waals surface area contributed by atoms with Crippen LogP contribution < -0.4 is 5.32 Å². The van der Waals surface area contributed by atoms with Crippen molar-refractivity contribution in [2.75, 3.05) is 18.4 Å². The van der Waals surface area contributed by atoms with Gasteiger partial charge in [-0.2, -0.15) is 0 Å². The molecule has 0 spiro atoms. The molecule has 1 fully saturated rings. The van der Waals surface area contributed by atoms with Gasteiger partial charge in [-0.25, -0.2) is 4.98 Å². The van der Waals surface area contributed by atoms with Crippen molar-refractivity contribution in [2.45, 2.75) is 39.0 Å². The van der Waals surface area contributed by atoms with E-state index in [2.05, 4.69) is 31.1 Å². The Labute approximate surface area is 154 Å². The van der Waals surface area contributed by atoms with Crippen LogP contribution in [0.5, 0.6) is 0 Å². The third-order valence-electron chi connectivity index (χ3n) is 4.58. The number of aromatic nitrogens is 1. The second-order valence-corrected chi connectivity index (χ2v) is 7.66. The molecule has 0 atom stereocenters. The Bertz CT molecular complexity index is 818. The minimum absolute atomic E-state index is 0.0924. The Morgan fingerprint density at radius 2 is 1.62 bits per heavy atom. The van der Waals surface area contributed by atoms with Crippen molar-refractivity contribution < 1.29 is 9.59 Å². The molecule has 1 N–H and O–H groups in total. The lowest BCUT2D eigenvalue weighted by molar-refractivity contribution is 0.0787. The molecule has 0 aliphatic carbocycles. The maximum atomic E-state index is 12.7. The van der Waals surface area contributed by atoms with Crippen LogP contribution in [0.25, 0.3) is 0 Å². The molecule has 0 radical (unpaired) electrons. The Morgan fingerprint density at radius 1 is 0.962 bits per heavy atom. The average Bonchev–Trinajstić information content (AvgIpc) is 3.15. The third kappa shape index (κ3) is 3.93. The van der Waals surface area contributed by atoms with E-state index < -0.39 is 0 Å². The van der Waals surface area contributed by atoms with Crippen molar-refractivity contribution in [1.29, 1.82) is 0 Å². The quantitative estimate of drug-likeness (QED) is 0.913. The molecule has 2 heterocycles. The molecular weight excluding hydrogens is 326 g/mol. The van der Waals surface area contributed by atoms with Crippen LogP contribution in [-0.4, -0.2) is 34.8 Å². The lowest BCUT2D eigenvalue weighted by atomic mass is 9.86. The zero-order valence-electron chi connectivity index (χ0n) is 15.6. The summed E-state index contributed by atoms with van der Waals surface area (Å²) in [5.41, 5.74) is 2.30. The molecule has 0 unspecified atom stereocenters. The molecule has 1 aliphatic heterocycles. The van der Waals surface area contributed by atoms with Gasteiger partial charge in [0.2, 0.25) is 0 Å². The maximum Gasteiger partial charge on any atom is 0.274 e. The number of hydrogen-bond donors (Lipinski definition) is 1. The van der Waals surface area contributed by atoms with Crippen LogP contribution in [0.1, 0.15) is 60.2 Å². The molecule has 1 aliphatic rings. The number of likely N-dealkylation sites (tertiary alicyclic amines) is 1. The Kier molecular flexibility index (Phi) is 5.07. The van der Waals surface area contributed by atoms with Crippen LogP contribution in [0, 0.1) is 0 Å². The van der Waals surface area contributed by atoms with Crippen LogP contribution in [0.3, 0.4) is 0 Å². The molecule has 2 aromatic rings. The van der Waals surface area contributed by atoms with E-state index in [1.165, 1.54) is 0 Å². The second-order valence-electron chi connectivity index (χ2n) is 7.66. The molecule has 3 rings (SSSR count). The molecule has 0 saturated carbocycles. The van der Waals surface area contributed by atoms with Crippen LogP contribution in [0.15, 0.2) is 42.5 Å². The van der Waals surface area contributed by atoms with E-state index in [1.54, 1.807) is 23.1 Å². The number of carbonyl (C=O) groups is 2. The van der Waals surface area contributed by atoms with Crippen LogP contribution >= 0.6 is 0 Å². The van der Waals surface area contributed by atoms with E-state index >= 15 is 0 Å². The molecule has 5 heteroatoms. The van der Waals surface area contributed by atoms with Gasteiger partial charge in [-0.05, 0) is 42.0 Å². The lowest BCUT2D eigenvalue weighted by Crippen LogP contribution is -2.29. The van der Waals surface area contributed by atoms with E-state index in [4.69, 9.17) is 0 Å². The van der Waals surface area contributed by atoms with Gasteiger partial charge in [0.25, 0.3) is 11.8 Å². The summed E-state index contributed by atoms with van der Waals surface area (Å²) in [5, 5.41) is 2.94. The summed E-state index contributed by atoms with van der Waals surface area (Å²) in [7, 11) is 0. The molecule has 2 amide bonds. The molecule has 26 heavy (non-hydrogen) atoms. The monoisotopic (exact) mass is 351 g/mol. The Morgan fingerprint density at radius 3 is 2.31 bits per heavy atom. The number of nitrogens with zero attached hydrogens (tertiary/aromatic N) is 2. The molecular formula is C21H25N3O2. The molecule has 5 nitrogen and oxygen atoms in total. The first-order chi connectivity index (χ1) is 12.4. The Balaban J connectivity index is 1.81. The van der Waals surface area contributed by atoms with Gasteiger partial charge in [0.15, 0.2) is 0 Å². The van der Waals surface area contributed by atoms with Gasteiger partial charge in [0.1, 0.15) is 11.4 Å². The molecule has 0 bridgehead atoms. The highest BCUT2D eigenvalue weighted by Gasteiger charge is 2.22. The zero-order chi connectivity index (χ0) is 18.7. The van der Waals surface area contributed by atoms with Crippen LogP contribution in [0.2, 0.25) is 0 Å². The van der Waals surface area contributed by atoms with E-state index in [0.717, 1.165) is 37.2 Å². The van der Waals surface area contributed by atoms with E-state index in [0.29, 0.717) is 5.69 Å². The van der Waals surface area contributed by atoms with Gasteiger partial charge in [-0.15, -0.1) is 0 Å². The predicted molar refractivity (Wildman–Crippen MR) is 102 cm³/mol. The van der Waals surface area contributed by atoms with Crippen LogP contribution in [-0.2, 0) is 5.41 Å². The highest BCUT2D eigenvalue weighted by atomic mass is 16.2. The number of rotatable bonds is 3. The number of benzene rings is 1. The smallest absolute Gasteiger partial charge is 0.274 e. The fraction of sp³-hybridized carbons (Fsp3) is 0.381. The number of nitrogens with one attached hydrogen (secondary N) is 1. The van der Waals surface area contributed by atoms with Crippen molar-refractivity contribution in [3.05, 3.63) is 59.4 Å². The van der Waals surface area contributed by atoms with Crippen molar-refractivity contribution in [2.24, 2.45) is 0 Å². The van der Waals surface area contributed by atoms with E-state index in [1.807, 2.05) is 24.3 Å². The first kappa shape index (κ1) is 18.1. The number of amides is 2. The first-order valence-corrected chi connectivity index (χ1v) is 9.03. The van der Waals surface area contributed by atoms with Crippen molar-refractivity contribution >= 4 is 17.5 Å². The van der Waals surface area contributed by atoms with Crippen LogP contribution in [0.4, 0.5) is 5.69 Å². The molecule has 1 aromatic carbocycles. The van der Waals surface area contributed by atoms with Crippen molar-refractivity contribution in [3.63, 3.8) is 0 Å².